The minimum Gasteiger partial charge on any atom is -0.493 e. The van der Waals surface area contributed by atoms with Crippen LogP contribution in [-0.4, -0.2) is 29.6 Å². The predicted octanol–water partition coefficient (Wildman–Crippen LogP) is 3.50. The molecule has 1 aromatic heterocycles. The molecular formula is C18H16N2O7. The molecule has 140 valence electrons. The van der Waals surface area contributed by atoms with Gasteiger partial charge in [-0.3, -0.25) is 10.1 Å². The van der Waals surface area contributed by atoms with Crippen molar-refractivity contribution in [3.63, 3.8) is 0 Å². The van der Waals surface area contributed by atoms with E-state index in [0.717, 1.165) is 6.07 Å². The molecule has 3 aromatic rings. The SMILES string of the molecule is CCOc1cc(C(=O)OCc2nc3ccccc3o2)c([N+](=O)[O-])cc1OC. The van der Waals surface area contributed by atoms with Gasteiger partial charge < -0.3 is 18.6 Å². The van der Waals surface area contributed by atoms with Crippen molar-refractivity contribution in [3.05, 3.63) is 58.0 Å². The monoisotopic (exact) mass is 372 g/mol. The molecule has 9 nitrogen and oxygen atoms in total. The van der Waals surface area contributed by atoms with Gasteiger partial charge in [0.25, 0.3) is 5.69 Å². The largest absolute Gasteiger partial charge is 0.493 e. The van der Waals surface area contributed by atoms with E-state index in [-0.39, 0.29) is 29.6 Å². The molecular weight excluding hydrogens is 356 g/mol. The fraction of sp³-hybridized carbons (Fsp3) is 0.222. The summed E-state index contributed by atoms with van der Waals surface area (Å²) in [5.41, 5.74) is 0.480. The van der Waals surface area contributed by atoms with Gasteiger partial charge in [0.15, 0.2) is 23.7 Å². The summed E-state index contributed by atoms with van der Waals surface area (Å²) in [6.45, 7) is 1.78. The molecule has 2 aromatic carbocycles. The van der Waals surface area contributed by atoms with Crippen LogP contribution in [0.5, 0.6) is 11.5 Å². The molecule has 0 saturated carbocycles. The molecule has 0 aliphatic carbocycles. The molecule has 0 spiro atoms. The summed E-state index contributed by atoms with van der Waals surface area (Å²) >= 11 is 0. The van der Waals surface area contributed by atoms with E-state index < -0.39 is 16.6 Å². The van der Waals surface area contributed by atoms with Crippen LogP contribution in [0.25, 0.3) is 11.1 Å². The molecule has 0 unspecified atom stereocenters. The van der Waals surface area contributed by atoms with Gasteiger partial charge in [0.1, 0.15) is 11.1 Å². The number of carbonyl (C=O) groups is 1. The van der Waals surface area contributed by atoms with Gasteiger partial charge in [-0.1, -0.05) is 12.1 Å². The number of ether oxygens (including phenoxy) is 3. The summed E-state index contributed by atoms with van der Waals surface area (Å²) in [4.78, 5) is 27.2. The van der Waals surface area contributed by atoms with E-state index in [2.05, 4.69) is 4.98 Å². The normalized spacial score (nSPS) is 10.6. The Morgan fingerprint density at radius 3 is 2.70 bits per heavy atom. The molecule has 0 bridgehead atoms. The van der Waals surface area contributed by atoms with Crippen molar-refractivity contribution in [2.45, 2.75) is 13.5 Å². The number of esters is 1. The van der Waals surface area contributed by atoms with Crippen LogP contribution in [0.1, 0.15) is 23.2 Å². The summed E-state index contributed by atoms with van der Waals surface area (Å²) in [5.74, 6) is -0.350. The first-order chi connectivity index (χ1) is 13.0. The van der Waals surface area contributed by atoms with Gasteiger partial charge in [0.05, 0.1) is 24.7 Å². The van der Waals surface area contributed by atoms with Gasteiger partial charge in [-0.25, -0.2) is 9.78 Å². The molecule has 0 atom stereocenters. The Labute approximate surface area is 153 Å². The van der Waals surface area contributed by atoms with E-state index in [1.807, 2.05) is 0 Å². The van der Waals surface area contributed by atoms with Crippen molar-refractivity contribution >= 4 is 22.8 Å². The lowest BCUT2D eigenvalue weighted by Crippen LogP contribution is -2.10. The van der Waals surface area contributed by atoms with E-state index >= 15 is 0 Å². The third-order valence-corrected chi connectivity index (χ3v) is 3.66. The van der Waals surface area contributed by atoms with Gasteiger partial charge in [-0.15, -0.1) is 0 Å². The summed E-state index contributed by atoms with van der Waals surface area (Å²) in [5, 5.41) is 11.3. The minimum atomic E-state index is -0.896. The van der Waals surface area contributed by atoms with E-state index in [4.69, 9.17) is 18.6 Å². The Balaban J connectivity index is 1.85. The van der Waals surface area contributed by atoms with Crippen molar-refractivity contribution in [1.82, 2.24) is 4.98 Å². The van der Waals surface area contributed by atoms with Crippen LogP contribution in [0, 0.1) is 10.1 Å². The van der Waals surface area contributed by atoms with Crippen molar-refractivity contribution in [2.24, 2.45) is 0 Å². The smallest absolute Gasteiger partial charge is 0.345 e. The van der Waals surface area contributed by atoms with Gasteiger partial charge >= 0.3 is 5.97 Å². The maximum absolute atomic E-state index is 12.4. The maximum atomic E-state index is 12.4. The minimum absolute atomic E-state index is 0.152. The number of oxazole rings is 1. The highest BCUT2D eigenvalue weighted by molar-refractivity contribution is 5.95. The first-order valence-corrected chi connectivity index (χ1v) is 8.04. The first-order valence-electron chi connectivity index (χ1n) is 8.04. The zero-order valence-electron chi connectivity index (χ0n) is 14.6. The second kappa shape index (κ2) is 7.73. The standard InChI is InChI=1S/C18H16N2O7/c1-3-25-16-8-11(13(20(22)23)9-15(16)24-2)18(21)26-10-17-19-12-6-4-5-7-14(12)27-17/h4-9H,3,10H2,1-2H3. The highest BCUT2D eigenvalue weighted by atomic mass is 16.6. The molecule has 27 heavy (non-hydrogen) atoms. The number of hydrogen-bond donors (Lipinski definition) is 0. The van der Waals surface area contributed by atoms with Crippen molar-refractivity contribution in [1.29, 1.82) is 0 Å². The van der Waals surface area contributed by atoms with Crippen molar-refractivity contribution < 1.29 is 28.3 Å². The number of methoxy groups -OCH3 is 1. The predicted molar refractivity (Wildman–Crippen MR) is 93.9 cm³/mol. The number of fused-ring (bicyclic) bond motifs is 1. The van der Waals surface area contributed by atoms with Crippen LogP contribution in [0.15, 0.2) is 40.8 Å². The number of aromatic nitrogens is 1. The van der Waals surface area contributed by atoms with Crippen LogP contribution in [0.2, 0.25) is 0 Å². The number of rotatable bonds is 7. The third kappa shape index (κ3) is 3.81. The lowest BCUT2D eigenvalue weighted by atomic mass is 10.1. The fourth-order valence-corrected chi connectivity index (χ4v) is 2.48. The molecule has 0 radical (unpaired) electrons. The van der Waals surface area contributed by atoms with Crippen LogP contribution in [0.4, 0.5) is 5.69 Å². The van der Waals surface area contributed by atoms with E-state index in [9.17, 15) is 14.9 Å². The fourth-order valence-electron chi connectivity index (χ4n) is 2.48. The Bertz CT molecular complexity index is 964. The van der Waals surface area contributed by atoms with Gasteiger partial charge in [0.2, 0.25) is 5.89 Å². The number of hydrogen-bond acceptors (Lipinski definition) is 8. The lowest BCUT2D eigenvalue weighted by Gasteiger charge is -2.11. The molecule has 0 aliphatic heterocycles. The molecule has 1 heterocycles. The topological polar surface area (TPSA) is 114 Å². The van der Waals surface area contributed by atoms with E-state index in [1.54, 1.807) is 31.2 Å². The van der Waals surface area contributed by atoms with Crippen LogP contribution in [0.3, 0.4) is 0 Å². The van der Waals surface area contributed by atoms with Gasteiger partial charge in [-0.05, 0) is 19.1 Å². The lowest BCUT2D eigenvalue weighted by molar-refractivity contribution is -0.385. The highest BCUT2D eigenvalue weighted by Gasteiger charge is 2.26. The second-order valence-corrected chi connectivity index (χ2v) is 5.36. The van der Waals surface area contributed by atoms with E-state index in [0.29, 0.717) is 17.7 Å². The zero-order valence-corrected chi connectivity index (χ0v) is 14.6. The number of carbonyl (C=O) groups excluding carboxylic acids is 1. The summed E-state index contributed by atoms with van der Waals surface area (Å²) in [6.07, 6.45) is 0. The Morgan fingerprint density at radius 2 is 2.04 bits per heavy atom. The second-order valence-electron chi connectivity index (χ2n) is 5.36. The Kier molecular flexibility index (Phi) is 5.20. The molecule has 0 amide bonds. The highest BCUT2D eigenvalue weighted by Crippen LogP contribution is 2.35. The van der Waals surface area contributed by atoms with E-state index in [1.165, 1.54) is 13.2 Å². The average molecular weight is 372 g/mol. The number of para-hydroxylation sites is 2. The Morgan fingerprint density at radius 1 is 1.26 bits per heavy atom. The number of benzene rings is 2. The number of nitro benzene ring substituents is 1. The summed E-state index contributed by atoms with van der Waals surface area (Å²) < 4.78 is 21.1. The average Bonchev–Trinajstić information content (AvgIpc) is 3.08. The van der Waals surface area contributed by atoms with Crippen molar-refractivity contribution in [3.8, 4) is 11.5 Å². The van der Waals surface area contributed by atoms with Crippen LogP contribution >= 0.6 is 0 Å². The molecule has 0 saturated heterocycles. The van der Waals surface area contributed by atoms with Crippen LogP contribution in [-0.2, 0) is 11.3 Å². The third-order valence-electron chi connectivity index (χ3n) is 3.66. The summed E-state index contributed by atoms with van der Waals surface area (Å²) in [6, 6.07) is 9.44. The van der Waals surface area contributed by atoms with Crippen molar-refractivity contribution in [2.75, 3.05) is 13.7 Å². The summed E-state index contributed by atoms with van der Waals surface area (Å²) in [7, 11) is 1.35. The zero-order chi connectivity index (χ0) is 19.4. The Hall–Kier alpha value is -3.62. The van der Waals surface area contributed by atoms with Crippen LogP contribution < -0.4 is 9.47 Å². The molecule has 0 N–H and O–H groups in total. The number of nitrogens with zero attached hydrogens (tertiary/aromatic N) is 2. The molecule has 0 fully saturated rings. The molecule has 3 rings (SSSR count). The molecule has 0 aliphatic rings. The molecule has 9 heteroatoms. The maximum Gasteiger partial charge on any atom is 0.345 e. The first kappa shape index (κ1) is 18.2. The quantitative estimate of drug-likeness (QED) is 0.352. The number of nitro groups is 1. The van der Waals surface area contributed by atoms with Gasteiger partial charge in [0, 0.05) is 6.07 Å². The van der Waals surface area contributed by atoms with Gasteiger partial charge in [-0.2, -0.15) is 0 Å².